The molecule has 4 rings (SSSR count). The molecular weight excluding hydrogens is 460 g/mol. The Balaban J connectivity index is 2.17. The summed E-state index contributed by atoms with van der Waals surface area (Å²) in [7, 11) is 2.67. The summed E-state index contributed by atoms with van der Waals surface area (Å²) in [5, 5.41) is 12.1. The van der Waals surface area contributed by atoms with Gasteiger partial charge in [0.05, 0.1) is 20.8 Å². The molecule has 1 fully saturated rings. The van der Waals surface area contributed by atoms with Crippen molar-refractivity contribution < 1.29 is 28.9 Å². The highest BCUT2D eigenvalue weighted by Crippen LogP contribution is 2.55. The highest BCUT2D eigenvalue weighted by atomic mass is 16.5. The maximum atomic E-state index is 13.2. The number of benzene rings is 1. The number of aliphatic hydroxyl groups is 1. The first-order chi connectivity index (χ1) is 17.3. The SMILES string of the molecule is C=C1C(COCC)C2(CC)CCCN(/C=C/C(=O)OC)CCc3ccccc3N1C(O)(C(=O)OC)C2. The number of methoxy groups -OCH3 is 2. The summed E-state index contributed by atoms with van der Waals surface area (Å²) < 4.78 is 15.9. The number of anilines is 1. The molecule has 1 aromatic rings. The van der Waals surface area contributed by atoms with Crippen LogP contribution < -0.4 is 4.90 Å². The molecule has 8 nitrogen and oxygen atoms in total. The number of carbonyl (C=O) groups is 2. The van der Waals surface area contributed by atoms with E-state index in [0.717, 1.165) is 30.5 Å². The molecule has 2 bridgehead atoms. The molecule has 36 heavy (non-hydrogen) atoms. The largest absolute Gasteiger partial charge is 0.466 e. The molecule has 1 saturated heterocycles. The van der Waals surface area contributed by atoms with Crippen molar-refractivity contribution in [2.45, 2.75) is 51.7 Å². The predicted molar refractivity (Wildman–Crippen MR) is 138 cm³/mol. The van der Waals surface area contributed by atoms with E-state index in [1.54, 1.807) is 11.1 Å². The van der Waals surface area contributed by atoms with Crippen molar-refractivity contribution in [2.75, 3.05) is 45.4 Å². The predicted octanol–water partition coefficient (Wildman–Crippen LogP) is 3.65. The number of ether oxygens (including phenoxy) is 3. The second kappa shape index (κ2) is 11.9. The highest BCUT2D eigenvalue weighted by molar-refractivity contribution is 5.86. The van der Waals surface area contributed by atoms with E-state index in [4.69, 9.17) is 14.2 Å². The van der Waals surface area contributed by atoms with Gasteiger partial charge in [0.25, 0.3) is 0 Å². The zero-order chi connectivity index (χ0) is 26.3. The maximum absolute atomic E-state index is 13.2. The minimum atomic E-state index is -1.88. The van der Waals surface area contributed by atoms with Crippen molar-refractivity contribution in [3.8, 4) is 0 Å². The van der Waals surface area contributed by atoms with Gasteiger partial charge in [-0.2, -0.15) is 0 Å². The zero-order valence-electron chi connectivity index (χ0n) is 22.0. The summed E-state index contributed by atoms with van der Waals surface area (Å²) in [5.74, 6) is -1.18. The molecule has 0 amide bonds. The molecule has 3 aliphatic heterocycles. The number of esters is 2. The van der Waals surface area contributed by atoms with Crippen LogP contribution in [0.1, 0.15) is 45.1 Å². The second-order valence-corrected chi connectivity index (χ2v) is 9.60. The van der Waals surface area contributed by atoms with E-state index >= 15 is 0 Å². The summed E-state index contributed by atoms with van der Waals surface area (Å²) in [6.07, 6.45) is 6.35. The molecule has 0 radical (unpaired) electrons. The Labute approximate surface area is 214 Å². The Morgan fingerprint density at radius 3 is 2.61 bits per heavy atom. The molecule has 1 N–H and O–H groups in total. The van der Waals surface area contributed by atoms with Crippen molar-refractivity contribution >= 4 is 17.6 Å². The van der Waals surface area contributed by atoms with Gasteiger partial charge >= 0.3 is 11.9 Å². The Bertz CT molecular complexity index is 979. The molecule has 0 aromatic heterocycles. The van der Waals surface area contributed by atoms with Gasteiger partial charge in [-0.1, -0.05) is 31.7 Å². The van der Waals surface area contributed by atoms with Gasteiger partial charge in [-0.05, 0) is 49.7 Å². The summed E-state index contributed by atoms with van der Waals surface area (Å²) in [4.78, 5) is 28.8. The number of carbonyl (C=O) groups excluding carboxylic acids is 2. The van der Waals surface area contributed by atoms with Crippen LogP contribution in [0.4, 0.5) is 5.69 Å². The Morgan fingerprint density at radius 1 is 1.19 bits per heavy atom. The van der Waals surface area contributed by atoms with Gasteiger partial charge in [0, 0.05) is 55.7 Å². The lowest BCUT2D eigenvalue weighted by Gasteiger charge is -2.56. The Kier molecular flexibility index (Phi) is 9.19. The highest BCUT2D eigenvalue weighted by Gasteiger charge is 2.59. The minimum Gasteiger partial charge on any atom is -0.466 e. The fourth-order valence-corrected chi connectivity index (χ4v) is 5.77. The van der Waals surface area contributed by atoms with E-state index in [2.05, 4.69) is 18.4 Å². The molecule has 1 aromatic carbocycles. The first-order valence-corrected chi connectivity index (χ1v) is 12.7. The van der Waals surface area contributed by atoms with Crippen LogP contribution in [0.25, 0.3) is 0 Å². The smallest absolute Gasteiger partial charge is 0.359 e. The van der Waals surface area contributed by atoms with E-state index in [1.807, 2.05) is 31.2 Å². The molecule has 3 heterocycles. The summed E-state index contributed by atoms with van der Waals surface area (Å²) >= 11 is 0. The molecule has 3 unspecified atom stereocenters. The fraction of sp³-hybridized carbons (Fsp3) is 0.571. The van der Waals surface area contributed by atoms with E-state index in [9.17, 15) is 14.7 Å². The molecule has 0 aliphatic carbocycles. The van der Waals surface area contributed by atoms with Crippen LogP contribution in [0.5, 0.6) is 0 Å². The average Bonchev–Trinajstić information content (AvgIpc) is 2.88. The number of fused-ring (bicyclic) bond motifs is 7. The van der Waals surface area contributed by atoms with E-state index in [-0.39, 0.29) is 12.3 Å². The Morgan fingerprint density at radius 2 is 1.94 bits per heavy atom. The van der Waals surface area contributed by atoms with Gasteiger partial charge < -0.3 is 29.1 Å². The van der Waals surface area contributed by atoms with Gasteiger partial charge in [-0.15, -0.1) is 0 Å². The molecule has 3 aliphatic rings. The number of nitrogens with zero attached hydrogens (tertiary/aromatic N) is 2. The molecule has 3 atom stereocenters. The third kappa shape index (κ3) is 5.44. The lowest BCUT2D eigenvalue weighted by molar-refractivity contribution is -0.171. The van der Waals surface area contributed by atoms with E-state index < -0.39 is 23.1 Å². The number of rotatable bonds is 7. The number of piperidine rings is 1. The number of hydrogen-bond donors (Lipinski definition) is 1. The molecule has 0 spiro atoms. The van der Waals surface area contributed by atoms with Gasteiger partial charge in [-0.25, -0.2) is 9.59 Å². The molecule has 0 saturated carbocycles. The minimum absolute atomic E-state index is 0.0982. The van der Waals surface area contributed by atoms with Crippen LogP contribution in [-0.4, -0.2) is 68.2 Å². The van der Waals surface area contributed by atoms with Crippen molar-refractivity contribution in [3.63, 3.8) is 0 Å². The van der Waals surface area contributed by atoms with Crippen LogP contribution in [-0.2, 0) is 30.2 Å². The summed E-state index contributed by atoms with van der Waals surface area (Å²) in [6.45, 7) is 10.9. The van der Waals surface area contributed by atoms with Crippen molar-refractivity contribution in [1.29, 1.82) is 0 Å². The monoisotopic (exact) mass is 500 g/mol. The van der Waals surface area contributed by atoms with Crippen LogP contribution in [0.2, 0.25) is 0 Å². The fourth-order valence-electron chi connectivity index (χ4n) is 5.77. The van der Waals surface area contributed by atoms with Gasteiger partial charge in [0.2, 0.25) is 5.72 Å². The standard InChI is InChI=1S/C28H40N2O6/c1-6-27-15-10-16-29(18-14-25(31)34-4)17-13-22-11-8-9-12-24(22)30(21(3)23(27)19-36-7-2)28(33,20-27)26(32)35-5/h8-9,11-12,14,18,23,33H,3,6-7,10,13,15-17,19-20H2,1-2,4-5H3/b18-14+. The van der Waals surface area contributed by atoms with E-state index in [1.165, 1.54) is 20.3 Å². The average molecular weight is 501 g/mol. The lowest BCUT2D eigenvalue weighted by atomic mass is 9.61. The topological polar surface area (TPSA) is 88.5 Å². The van der Waals surface area contributed by atoms with Crippen LogP contribution in [0, 0.1) is 11.3 Å². The van der Waals surface area contributed by atoms with Crippen LogP contribution in [0.15, 0.2) is 48.8 Å². The maximum Gasteiger partial charge on any atom is 0.359 e. The molecule has 198 valence electrons. The van der Waals surface area contributed by atoms with Crippen molar-refractivity contribution in [1.82, 2.24) is 4.90 Å². The van der Waals surface area contributed by atoms with Crippen molar-refractivity contribution in [3.05, 3.63) is 54.4 Å². The Hall–Kier alpha value is -2.84. The number of para-hydroxylation sites is 1. The quantitative estimate of drug-likeness (QED) is 0.448. The normalized spacial score (nSPS) is 26.8. The third-order valence-electron chi connectivity index (χ3n) is 7.75. The zero-order valence-corrected chi connectivity index (χ0v) is 22.0. The van der Waals surface area contributed by atoms with E-state index in [0.29, 0.717) is 38.4 Å². The van der Waals surface area contributed by atoms with Gasteiger partial charge in [0.1, 0.15) is 0 Å². The summed E-state index contributed by atoms with van der Waals surface area (Å²) in [5.41, 5.74) is 0.0261. The van der Waals surface area contributed by atoms with Crippen molar-refractivity contribution in [2.24, 2.45) is 11.3 Å². The molecule has 8 heteroatoms. The van der Waals surface area contributed by atoms with Crippen LogP contribution >= 0.6 is 0 Å². The first kappa shape index (κ1) is 27.7. The first-order valence-electron chi connectivity index (χ1n) is 12.7. The van der Waals surface area contributed by atoms with Gasteiger partial charge in [-0.3, -0.25) is 0 Å². The van der Waals surface area contributed by atoms with Crippen LogP contribution in [0.3, 0.4) is 0 Å². The molecular formula is C28H40N2O6. The second-order valence-electron chi connectivity index (χ2n) is 9.60. The lowest BCUT2D eigenvalue weighted by Crippen LogP contribution is -2.64. The van der Waals surface area contributed by atoms with Gasteiger partial charge in [0.15, 0.2) is 0 Å². The third-order valence-corrected chi connectivity index (χ3v) is 7.75. The summed E-state index contributed by atoms with van der Waals surface area (Å²) in [6, 6.07) is 7.74. The number of hydrogen-bond acceptors (Lipinski definition) is 8.